The van der Waals surface area contributed by atoms with Crippen molar-refractivity contribution in [3.05, 3.63) is 35.7 Å². The summed E-state index contributed by atoms with van der Waals surface area (Å²) in [5, 5.41) is 16.0. The highest BCUT2D eigenvalue weighted by atomic mass is 32.2. The van der Waals surface area contributed by atoms with Crippen LogP contribution in [-0.2, 0) is 6.61 Å². The number of nitriles is 1. The normalized spacial score (nSPS) is 11.8. The Kier molecular flexibility index (Phi) is 4.42. The predicted molar refractivity (Wildman–Crippen MR) is 72.8 cm³/mol. The van der Waals surface area contributed by atoms with Crippen molar-refractivity contribution in [2.24, 2.45) is 0 Å². The third kappa shape index (κ3) is 3.73. The molecule has 0 spiro atoms. The van der Waals surface area contributed by atoms with Crippen LogP contribution in [0.25, 0.3) is 0 Å². The Labute approximate surface area is 116 Å². The first kappa shape index (κ1) is 13.4. The molecule has 0 saturated heterocycles. The number of nitrogens with one attached hydrogen (secondary N) is 1. The van der Waals surface area contributed by atoms with E-state index < -0.39 is 0 Å². The van der Waals surface area contributed by atoms with Crippen molar-refractivity contribution in [2.45, 2.75) is 30.9 Å². The van der Waals surface area contributed by atoms with E-state index in [-0.39, 0.29) is 5.25 Å². The van der Waals surface area contributed by atoms with Gasteiger partial charge in [0.2, 0.25) is 5.16 Å². The van der Waals surface area contributed by atoms with Gasteiger partial charge in [-0.25, -0.2) is 4.98 Å². The molecular formula is C13H14N4OS. The van der Waals surface area contributed by atoms with E-state index in [4.69, 9.17) is 10.00 Å². The number of benzene rings is 1. The van der Waals surface area contributed by atoms with E-state index in [0.717, 1.165) is 11.3 Å². The van der Waals surface area contributed by atoms with Gasteiger partial charge in [-0.15, -0.1) is 5.10 Å². The molecule has 1 aromatic carbocycles. The van der Waals surface area contributed by atoms with Crippen molar-refractivity contribution in [1.82, 2.24) is 15.2 Å². The second-order valence-corrected chi connectivity index (χ2v) is 5.32. The maximum absolute atomic E-state index is 8.72. The van der Waals surface area contributed by atoms with E-state index in [1.165, 1.54) is 11.8 Å². The number of ether oxygens (including phenoxy) is 1. The molecule has 0 radical (unpaired) electrons. The smallest absolute Gasteiger partial charge is 0.209 e. The molecule has 0 fully saturated rings. The number of H-pyrrole nitrogens is 1. The van der Waals surface area contributed by atoms with E-state index >= 15 is 0 Å². The minimum absolute atomic E-state index is 0.166. The number of aromatic nitrogens is 3. The number of hydrogen-bond acceptors (Lipinski definition) is 5. The second-order valence-electron chi connectivity index (χ2n) is 4.01. The standard InChI is InChI=1S/C13H14N4OS/c1-9-5-3-4-6-11(9)18-8-12-15-13(17-16-12)19-10(2)7-14/h3-6,10H,8H2,1-2H3,(H,15,16,17)/t10-/m0/s1. The minimum Gasteiger partial charge on any atom is -0.485 e. The van der Waals surface area contributed by atoms with Gasteiger partial charge in [0.15, 0.2) is 5.82 Å². The fourth-order valence-electron chi connectivity index (χ4n) is 1.44. The Balaban J connectivity index is 1.94. The number of rotatable bonds is 5. The van der Waals surface area contributed by atoms with Crippen molar-refractivity contribution in [2.75, 3.05) is 0 Å². The maximum atomic E-state index is 8.72. The number of nitrogens with zero attached hydrogens (tertiary/aromatic N) is 3. The highest BCUT2D eigenvalue weighted by Crippen LogP contribution is 2.20. The molecule has 0 unspecified atom stereocenters. The Morgan fingerprint density at radius 2 is 2.26 bits per heavy atom. The van der Waals surface area contributed by atoms with Gasteiger partial charge in [0.05, 0.1) is 11.3 Å². The maximum Gasteiger partial charge on any atom is 0.209 e. The molecule has 6 heteroatoms. The van der Waals surface area contributed by atoms with Gasteiger partial charge in [-0.05, 0) is 25.5 Å². The predicted octanol–water partition coefficient (Wildman–Crippen LogP) is 2.70. The van der Waals surface area contributed by atoms with Gasteiger partial charge < -0.3 is 4.74 Å². The van der Waals surface area contributed by atoms with Gasteiger partial charge in [0.1, 0.15) is 12.4 Å². The zero-order chi connectivity index (χ0) is 13.7. The lowest BCUT2D eigenvalue weighted by Gasteiger charge is -2.06. The monoisotopic (exact) mass is 274 g/mol. The summed E-state index contributed by atoms with van der Waals surface area (Å²) in [5.41, 5.74) is 1.08. The van der Waals surface area contributed by atoms with E-state index in [2.05, 4.69) is 21.3 Å². The second kappa shape index (κ2) is 6.25. The average molecular weight is 274 g/mol. The van der Waals surface area contributed by atoms with Gasteiger partial charge in [-0.2, -0.15) is 5.26 Å². The molecule has 0 aliphatic heterocycles. The molecule has 0 aliphatic rings. The summed E-state index contributed by atoms with van der Waals surface area (Å²) >= 11 is 1.32. The molecule has 0 saturated carbocycles. The Morgan fingerprint density at radius 3 is 3.00 bits per heavy atom. The van der Waals surface area contributed by atoms with Crippen LogP contribution in [0.2, 0.25) is 0 Å². The van der Waals surface area contributed by atoms with E-state index in [1.807, 2.05) is 38.1 Å². The van der Waals surface area contributed by atoms with Gasteiger partial charge in [0.25, 0.3) is 0 Å². The topological polar surface area (TPSA) is 74.6 Å². The molecular weight excluding hydrogens is 260 g/mol. The molecule has 0 bridgehead atoms. The summed E-state index contributed by atoms with van der Waals surface area (Å²) in [5.74, 6) is 1.48. The summed E-state index contributed by atoms with van der Waals surface area (Å²) < 4.78 is 5.66. The van der Waals surface area contributed by atoms with Crippen LogP contribution in [-0.4, -0.2) is 20.4 Å². The summed E-state index contributed by atoms with van der Waals surface area (Å²) in [6.07, 6.45) is 0. The number of aromatic amines is 1. The summed E-state index contributed by atoms with van der Waals surface area (Å²) in [6, 6.07) is 9.93. The van der Waals surface area contributed by atoms with Crippen LogP contribution in [0, 0.1) is 18.3 Å². The van der Waals surface area contributed by atoms with Crippen LogP contribution in [0.1, 0.15) is 18.3 Å². The fourth-order valence-corrected chi connectivity index (χ4v) is 2.07. The number of thioether (sulfide) groups is 1. The number of para-hydroxylation sites is 1. The van der Waals surface area contributed by atoms with Crippen LogP contribution >= 0.6 is 11.8 Å². The summed E-state index contributed by atoms with van der Waals surface area (Å²) in [7, 11) is 0. The van der Waals surface area contributed by atoms with E-state index in [9.17, 15) is 0 Å². The van der Waals surface area contributed by atoms with Gasteiger partial charge in [0, 0.05) is 0 Å². The van der Waals surface area contributed by atoms with Crippen molar-refractivity contribution in [3.63, 3.8) is 0 Å². The molecule has 98 valence electrons. The Morgan fingerprint density at radius 1 is 1.47 bits per heavy atom. The lowest BCUT2D eigenvalue weighted by Crippen LogP contribution is -1.99. The van der Waals surface area contributed by atoms with Crippen LogP contribution in [0.15, 0.2) is 29.4 Å². The van der Waals surface area contributed by atoms with Gasteiger partial charge in [-0.3, -0.25) is 5.10 Å². The Bertz CT molecular complexity index is 590. The first-order valence-corrected chi connectivity index (χ1v) is 6.73. The summed E-state index contributed by atoms with van der Waals surface area (Å²) in [4.78, 5) is 4.26. The van der Waals surface area contributed by atoms with Crippen molar-refractivity contribution in [3.8, 4) is 11.8 Å². The molecule has 1 atom stereocenters. The van der Waals surface area contributed by atoms with Crippen LogP contribution < -0.4 is 4.74 Å². The highest BCUT2D eigenvalue weighted by molar-refractivity contribution is 7.99. The summed E-state index contributed by atoms with van der Waals surface area (Å²) in [6.45, 7) is 4.13. The largest absolute Gasteiger partial charge is 0.485 e. The molecule has 2 aromatic rings. The highest BCUT2D eigenvalue weighted by Gasteiger charge is 2.09. The van der Waals surface area contributed by atoms with Crippen molar-refractivity contribution >= 4 is 11.8 Å². The quantitative estimate of drug-likeness (QED) is 0.848. The molecule has 5 nitrogen and oxygen atoms in total. The van der Waals surface area contributed by atoms with Crippen LogP contribution in [0.5, 0.6) is 5.75 Å². The molecule has 2 rings (SSSR count). The molecule has 0 aliphatic carbocycles. The lowest BCUT2D eigenvalue weighted by atomic mass is 10.2. The number of aryl methyl sites for hydroxylation is 1. The zero-order valence-corrected chi connectivity index (χ0v) is 11.6. The van der Waals surface area contributed by atoms with Gasteiger partial charge in [-0.1, -0.05) is 30.0 Å². The van der Waals surface area contributed by atoms with E-state index in [0.29, 0.717) is 17.6 Å². The third-order valence-corrected chi connectivity index (χ3v) is 3.29. The third-order valence-electron chi connectivity index (χ3n) is 2.43. The lowest BCUT2D eigenvalue weighted by molar-refractivity contribution is 0.294. The van der Waals surface area contributed by atoms with Crippen molar-refractivity contribution in [1.29, 1.82) is 5.26 Å². The SMILES string of the molecule is Cc1ccccc1OCc1nc(S[C@@H](C)C#N)n[nH]1. The molecule has 1 aromatic heterocycles. The molecule has 19 heavy (non-hydrogen) atoms. The fraction of sp³-hybridized carbons (Fsp3) is 0.308. The first-order valence-electron chi connectivity index (χ1n) is 5.85. The average Bonchev–Trinajstić information content (AvgIpc) is 2.85. The zero-order valence-electron chi connectivity index (χ0n) is 10.8. The van der Waals surface area contributed by atoms with Gasteiger partial charge >= 0.3 is 0 Å². The van der Waals surface area contributed by atoms with Crippen molar-refractivity contribution < 1.29 is 4.74 Å². The molecule has 1 heterocycles. The minimum atomic E-state index is -0.166. The number of hydrogen-bond donors (Lipinski definition) is 1. The van der Waals surface area contributed by atoms with E-state index in [1.54, 1.807) is 0 Å². The molecule has 0 amide bonds. The Hall–Kier alpha value is -2.00. The van der Waals surface area contributed by atoms with Crippen LogP contribution in [0.4, 0.5) is 0 Å². The molecule has 1 N–H and O–H groups in total. The van der Waals surface area contributed by atoms with Crippen LogP contribution in [0.3, 0.4) is 0 Å². The first-order chi connectivity index (χ1) is 9.19.